The van der Waals surface area contributed by atoms with E-state index >= 15 is 0 Å². The number of hydrogen-bond donors (Lipinski definition) is 0. The van der Waals surface area contributed by atoms with Gasteiger partial charge >= 0.3 is 0 Å². The fourth-order valence-corrected chi connectivity index (χ4v) is 1.91. The van der Waals surface area contributed by atoms with Gasteiger partial charge in [-0.2, -0.15) is 0 Å². The van der Waals surface area contributed by atoms with Gasteiger partial charge in [0.25, 0.3) is 0 Å². The fraction of sp³-hybridized carbons (Fsp3) is 0.250. The van der Waals surface area contributed by atoms with Crippen molar-refractivity contribution in [2.45, 2.75) is 12.8 Å². The van der Waals surface area contributed by atoms with E-state index < -0.39 is 0 Å². The van der Waals surface area contributed by atoms with Gasteiger partial charge in [0.1, 0.15) is 5.82 Å². The highest BCUT2D eigenvalue weighted by Gasteiger charge is 2.02. The Morgan fingerprint density at radius 3 is 2.53 bits per heavy atom. The number of benzene rings is 1. The summed E-state index contributed by atoms with van der Waals surface area (Å²) in [5.74, 6) is 1.08. The third-order valence-electron chi connectivity index (χ3n) is 2.54. The van der Waals surface area contributed by atoms with Crippen molar-refractivity contribution in [1.29, 1.82) is 0 Å². The van der Waals surface area contributed by atoms with Crippen LogP contribution in [-0.2, 0) is 19.9 Å². The van der Waals surface area contributed by atoms with Gasteiger partial charge in [-0.1, -0.05) is 29.3 Å². The minimum atomic E-state index is 0. The van der Waals surface area contributed by atoms with Gasteiger partial charge in [-0.05, 0) is 24.1 Å². The number of rotatable bonds is 3. The molecule has 0 aliphatic rings. The molecule has 0 fully saturated rings. The van der Waals surface area contributed by atoms with Crippen LogP contribution in [0.1, 0.15) is 11.4 Å². The van der Waals surface area contributed by atoms with E-state index in [-0.39, 0.29) is 12.4 Å². The predicted octanol–water partition coefficient (Wildman–Crippen LogP) is 3.93. The zero-order valence-electron chi connectivity index (χ0n) is 9.36. The molecule has 5 heteroatoms. The molecule has 1 heterocycles. The molecule has 0 unspecified atom stereocenters. The molecular formula is C12H13Cl3N2. The van der Waals surface area contributed by atoms with Crippen molar-refractivity contribution in [3.63, 3.8) is 0 Å². The maximum Gasteiger partial charge on any atom is 0.108 e. The Morgan fingerprint density at radius 1 is 1.18 bits per heavy atom. The topological polar surface area (TPSA) is 17.8 Å². The Morgan fingerprint density at radius 2 is 1.94 bits per heavy atom. The number of hydrogen-bond acceptors (Lipinski definition) is 1. The zero-order valence-corrected chi connectivity index (χ0v) is 11.7. The second kappa shape index (κ2) is 6.29. The van der Waals surface area contributed by atoms with Gasteiger partial charge < -0.3 is 4.57 Å². The smallest absolute Gasteiger partial charge is 0.108 e. The Kier molecular flexibility index (Phi) is 5.31. The van der Waals surface area contributed by atoms with Crippen LogP contribution in [0, 0.1) is 0 Å². The maximum absolute atomic E-state index is 5.95. The Bertz CT molecular complexity index is 494. The molecule has 0 aliphatic heterocycles. The van der Waals surface area contributed by atoms with Crippen LogP contribution in [0.2, 0.25) is 10.0 Å². The van der Waals surface area contributed by atoms with Crippen molar-refractivity contribution in [3.8, 4) is 0 Å². The molecule has 2 aromatic rings. The first-order chi connectivity index (χ1) is 7.66. The Hall–Kier alpha value is -0.700. The highest BCUT2D eigenvalue weighted by Crippen LogP contribution is 2.23. The monoisotopic (exact) mass is 290 g/mol. The predicted molar refractivity (Wildman–Crippen MR) is 74.3 cm³/mol. The summed E-state index contributed by atoms with van der Waals surface area (Å²) in [6.07, 6.45) is 5.58. The molecule has 92 valence electrons. The summed E-state index contributed by atoms with van der Waals surface area (Å²) in [7, 11) is 2.00. The highest BCUT2D eigenvalue weighted by molar-refractivity contribution is 6.42. The average Bonchev–Trinajstić information content (AvgIpc) is 2.66. The van der Waals surface area contributed by atoms with Gasteiger partial charge in [-0.3, -0.25) is 0 Å². The molecule has 0 saturated heterocycles. The fourth-order valence-electron chi connectivity index (χ4n) is 1.59. The number of halogens is 3. The number of imidazole rings is 1. The van der Waals surface area contributed by atoms with Crippen molar-refractivity contribution in [1.82, 2.24) is 9.55 Å². The average molecular weight is 292 g/mol. The Balaban J connectivity index is 0.00000144. The minimum Gasteiger partial charge on any atom is -0.338 e. The molecule has 1 aromatic carbocycles. The van der Waals surface area contributed by atoms with E-state index in [1.165, 1.54) is 5.56 Å². The lowest BCUT2D eigenvalue weighted by atomic mass is 10.1. The van der Waals surface area contributed by atoms with E-state index in [1.54, 1.807) is 0 Å². The lowest BCUT2D eigenvalue weighted by Gasteiger charge is -2.03. The first kappa shape index (κ1) is 14.4. The second-order valence-electron chi connectivity index (χ2n) is 3.70. The molecule has 0 radical (unpaired) electrons. The largest absolute Gasteiger partial charge is 0.338 e. The van der Waals surface area contributed by atoms with Crippen LogP contribution in [0.4, 0.5) is 0 Å². The summed E-state index contributed by atoms with van der Waals surface area (Å²) in [4.78, 5) is 4.27. The van der Waals surface area contributed by atoms with Gasteiger partial charge in [0.15, 0.2) is 0 Å². The van der Waals surface area contributed by atoms with Crippen molar-refractivity contribution >= 4 is 35.6 Å². The minimum absolute atomic E-state index is 0. The van der Waals surface area contributed by atoms with E-state index in [9.17, 15) is 0 Å². The number of nitrogens with zero attached hydrogens (tertiary/aromatic N) is 2. The van der Waals surface area contributed by atoms with Crippen LogP contribution >= 0.6 is 35.6 Å². The maximum atomic E-state index is 5.95. The van der Waals surface area contributed by atoms with E-state index in [0.717, 1.165) is 18.7 Å². The molecule has 0 spiro atoms. The summed E-state index contributed by atoms with van der Waals surface area (Å²) >= 11 is 11.8. The lowest BCUT2D eigenvalue weighted by molar-refractivity contribution is 0.771. The van der Waals surface area contributed by atoms with Gasteiger partial charge in [0.2, 0.25) is 0 Å². The molecule has 1 aromatic heterocycles. The molecule has 17 heavy (non-hydrogen) atoms. The molecule has 2 rings (SSSR count). The third kappa shape index (κ3) is 3.63. The van der Waals surface area contributed by atoms with Crippen LogP contribution in [0.3, 0.4) is 0 Å². The van der Waals surface area contributed by atoms with Crippen molar-refractivity contribution in [2.24, 2.45) is 7.05 Å². The van der Waals surface area contributed by atoms with Crippen molar-refractivity contribution < 1.29 is 0 Å². The van der Waals surface area contributed by atoms with E-state index in [4.69, 9.17) is 23.2 Å². The van der Waals surface area contributed by atoms with Gasteiger partial charge in [0.05, 0.1) is 10.0 Å². The van der Waals surface area contributed by atoms with Crippen LogP contribution in [0.15, 0.2) is 30.6 Å². The van der Waals surface area contributed by atoms with Gasteiger partial charge in [0, 0.05) is 25.9 Å². The van der Waals surface area contributed by atoms with Crippen molar-refractivity contribution in [3.05, 3.63) is 52.0 Å². The van der Waals surface area contributed by atoms with Gasteiger partial charge in [-0.25, -0.2) is 4.98 Å². The first-order valence-electron chi connectivity index (χ1n) is 5.07. The summed E-state index contributed by atoms with van der Waals surface area (Å²) < 4.78 is 2.03. The number of aromatic nitrogens is 2. The van der Waals surface area contributed by atoms with E-state index in [1.807, 2.05) is 42.2 Å². The summed E-state index contributed by atoms with van der Waals surface area (Å²) in [5.41, 5.74) is 1.18. The summed E-state index contributed by atoms with van der Waals surface area (Å²) in [5, 5.41) is 1.21. The zero-order chi connectivity index (χ0) is 11.5. The molecule has 0 N–H and O–H groups in total. The van der Waals surface area contributed by atoms with Crippen LogP contribution in [0.25, 0.3) is 0 Å². The normalized spacial score (nSPS) is 10.1. The van der Waals surface area contributed by atoms with Crippen LogP contribution < -0.4 is 0 Å². The molecule has 0 atom stereocenters. The molecular weight excluding hydrogens is 279 g/mol. The first-order valence-corrected chi connectivity index (χ1v) is 5.82. The van der Waals surface area contributed by atoms with E-state index in [2.05, 4.69) is 4.98 Å². The quantitative estimate of drug-likeness (QED) is 0.838. The van der Waals surface area contributed by atoms with Gasteiger partial charge in [-0.15, -0.1) is 12.4 Å². The summed E-state index contributed by atoms with van der Waals surface area (Å²) in [6.45, 7) is 0. The standard InChI is InChI=1S/C12H12Cl2N2.ClH/c1-16-7-6-15-12(16)5-3-9-2-4-10(13)11(14)8-9;/h2,4,6-8H,3,5H2,1H3;1H. The third-order valence-corrected chi connectivity index (χ3v) is 3.28. The van der Waals surface area contributed by atoms with E-state index in [0.29, 0.717) is 10.0 Å². The van der Waals surface area contributed by atoms with Crippen molar-refractivity contribution in [2.75, 3.05) is 0 Å². The molecule has 0 amide bonds. The Labute approximate surface area is 117 Å². The molecule has 2 nitrogen and oxygen atoms in total. The number of aryl methyl sites for hydroxylation is 3. The summed E-state index contributed by atoms with van der Waals surface area (Å²) in [6, 6.07) is 5.74. The molecule has 0 aliphatic carbocycles. The second-order valence-corrected chi connectivity index (χ2v) is 4.52. The SMILES string of the molecule is Cl.Cn1ccnc1CCc1ccc(Cl)c(Cl)c1. The molecule has 0 saturated carbocycles. The lowest BCUT2D eigenvalue weighted by Crippen LogP contribution is -1.99. The molecule has 0 bridgehead atoms. The van der Waals surface area contributed by atoms with Crippen LogP contribution in [-0.4, -0.2) is 9.55 Å². The van der Waals surface area contributed by atoms with Crippen LogP contribution in [0.5, 0.6) is 0 Å². The highest BCUT2D eigenvalue weighted by atomic mass is 35.5.